The summed E-state index contributed by atoms with van der Waals surface area (Å²) in [5.41, 5.74) is 12.1. The van der Waals surface area contributed by atoms with Gasteiger partial charge in [0.05, 0.1) is 0 Å². The van der Waals surface area contributed by atoms with Gasteiger partial charge in [-0.2, -0.15) is 0 Å². The van der Waals surface area contributed by atoms with Crippen molar-refractivity contribution in [2.75, 3.05) is 11.5 Å². The first-order valence-corrected chi connectivity index (χ1v) is 5.46. The number of hydrogen-bond donors (Lipinski definition) is 2. The Kier molecular flexibility index (Phi) is 3.83. The second kappa shape index (κ2) is 4.91. The van der Waals surface area contributed by atoms with Gasteiger partial charge < -0.3 is 11.5 Å². The summed E-state index contributed by atoms with van der Waals surface area (Å²) in [5.74, 6) is 0.579. The number of carbonyl (C=O) groups is 1. The number of amides is 1. The number of carbonyl (C=O) groups excluding carboxylic acids is 1. The third-order valence-corrected chi connectivity index (χ3v) is 3.04. The molecule has 0 aliphatic rings. The molecule has 0 saturated heterocycles. The summed E-state index contributed by atoms with van der Waals surface area (Å²) in [5, 5.41) is 0. The number of primary amides is 1. The fourth-order valence-electron chi connectivity index (χ4n) is 1.02. The van der Waals surface area contributed by atoms with E-state index in [1.165, 1.54) is 0 Å². The van der Waals surface area contributed by atoms with Crippen molar-refractivity contribution in [2.24, 2.45) is 5.73 Å². The van der Waals surface area contributed by atoms with Crippen molar-refractivity contribution >= 4 is 23.4 Å². The van der Waals surface area contributed by atoms with E-state index in [-0.39, 0.29) is 0 Å². The predicted octanol–water partition coefficient (Wildman–Crippen LogP) is 1.87. The molecule has 0 atom stereocenters. The second-order valence-electron chi connectivity index (χ2n) is 2.97. The number of benzene rings is 1. The highest BCUT2D eigenvalue weighted by molar-refractivity contribution is 7.99. The maximum absolute atomic E-state index is 10.9. The molecule has 1 rings (SSSR count). The van der Waals surface area contributed by atoms with E-state index >= 15 is 0 Å². The van der Waals surface area contributed by atoms with Crippen molar-refractivity contribution in [1.82, 2.24) is 0 Å². The van der Waals surface area contributed by atoms with Crippen molar-refractivity contribution in [3.8, 4) is 0 Å². The molecule has 4 heteroatoms. The lowest BCUT2D eigenvalue weighted by molar-refractivity contribution is 0.1000. The first kappa shape index (κ1) is 10.9. The summed E-state index contributed by atoms with van der Waals surface area (Å²) in [4.78, 5) is 11.8. The van der Waals surface area contributed by atoms with Crippen LogP contribution in [0.25, 0.3) is 0 Å². The van der Waals surface area contributed by atoms with Gasteiger partial charge in [-0.05, 0) is 30.4 Å². The largest absolute Gasteiger partial charge is 0.398 e. The van der Waals surface area contributed by atoms with E-state index in [9.17, 15) is 4.79 Å². The molecule has 0 aromatic heterocycles. The van der Waals surface area contributed by atoms with Crippen molar-refractivity contribution in [3.05, 3.63) is 23.8 Å². The van der Waals surface area contributed by atoms with Crippen LogP contribution in [0.1, 0.15) is 23.7 Å². The third kappa shape index (κ3) is 2.67. The Morgan fingerprint density at radius 2 is 2.21 bits per heavy atom. The molecule has 76 valence electrons. The normalized spacial score (nSPS) is 10.1. The third-order valence-electron chi connectivity index (χ3n) is 1.76. The summed E-state index contributed by atoms with van der Waals surface area (Å²) in [7, 11) is 0. The van der Waals surface area contributed by atoms with E-state index in [4.69, 9.17) is 11.5 Å². The Balaban J connectivity index is 2.90. The zero-order chi connectivity index (χ0) is 10.6. The SMILES string of the molecule is CCCSc1cc(C(N)=O)ccc1N. The predicted molar refractivity (Wildman–Crippen MR) is 60.4 cm³/mol. The van der Waals surface area contributed by atoms with Gasteiger partial charge in [0, 0.05) is 16.1 Å². The Labute approximate surface area is 87.9 Å². The Bertz CT molecular complexity index is 339. The smallest absolute Gasteiger partial charge is 0.248 e. The molecule has 0 saturated carbocycles. The number of hydrogen-bond acceptors (Lipinski definition) is 3. The van der Waals surface area contributed by atoms with Gasteiger partial charge in [0.25, 0.3) is 0 Å². The van der Waals surface area contributed by atoms with Crippen LogP contribution in [0.15, 0.2) is 23.1 Å². The van der Waals surface area contributed by atoms with Gasteiger partial charge in [-0.3, -0.25) is 4.79 Å². The highest BCUT2D eigenvalue weighted by Crippen LogP contribution is 2.26. The number of anilines is 1. The van der Waals surface area contributed by atoms with E-state index in [2.05, 4.69) is 6.92 Å². The molecule has 3 nitrogen and oxygen atoms in total. The van der Waals surface area contributed by atoms with E-state index in [1.54, 1.807) is 30.0 Å². The summed E-state index contributed by atoms with van der Waals surface area (Å²) in [6, 6.07) is 5.11. The van der Waals surface area contributed by atoms with Gasteiger partial charge in [0.1, 0.15) is 0 Å². The lowest BCUT2D eigenvalue weighted by Crippen LogP contribution is -2.11. The van der Waals surface area contributed by atoms with E-state index in [0.29, 0.717) is 11.3 Å². The average molecular weight is 210 g/mol. The van der Waals surface area contributed by atoms with Crippen molar-refractivity contribution in [2.45, 2.75) is 18.2 Å². The van der Waals surface area contributed by atoms with Crippen LogP contribution < -0.4 is 11.5 Å². The molecule has 0 bridgehead atoms. The van der Waals surface area contributed by atoms with Crippen LogP contribution in [0.3, 0.4) is 0 Å². The lowest BCUT2D eigenvalue weighted by Gasteiger charge is -2.05. The zero-order valence-electron chi connectivity index (χ0n) is 8.12. The van der Waals surface area contributed by atoms with Gasteiger partial charge in [-0.15, -0.1) is 11.8 Å². The standard InChI is InChI=1S/C10H14N2OS/c1-2-5-14-9-6-7(10(12)13)3-4-8(9)11/h3-4,6H,2,5,11H2,1H3,(H2,12,13). The minimum atomic E-state index is -0.414. The van der Waals surface area contributed by atoms with Crippen LogP contribution >= 0.6 is 11.8 Å². The number of thioether (sulfide) groups is 1. The highest BCUT2D eigenvalue weighted by Gasteiger charge is 2.04. The molecular formula is C10H14N2OS. The maximum Gasteiger partial charge on any atom is 0.248 e. The minimum absolute atomic E-state index is 0.414. The molecule has 1 aromatic rings. The van der Waals surface area contributed by atoms with Crippen LogP contribution in [0, 0.1) is 0 Å². The van der Waals surface area contributed by atoms with Crippen LogP contribution in [0.5, 0.6) is 0 Å². The van der Waals surface area contributed by atoms with E-state index in [1.807, 2.05) is 0 Å². The summed E-state index contributed by atoms with van der Waals surface area (Å²) in [6.07, 6.45) is 1.07. The summed E-state index contributed by atoms with van der Waals surface area (Å²) < 4.78 is 0. The Morgan fingerprint density at radius 3 is 2.79 bits per heavy atom. The first-order chi connectivity index (χ1) is 6.65. The molecule has 0 fully saturated rings. The van der Waals surface area contributed by atoms with Crippen molar-refractivity contribution in [3.63, 3.8) is 0 Å². The van der Waals surface area contributed by atoms with Crippen LogP contribution in [0.4, 0.5) is 5.69 Å². The molecule has 1 amide bonds. The van der Waals surface area contributed by atoms with Gasteiger partial charge in [0.15, 0.2) is 0 Å². The zero-order valence-corrected chi connectivity index (χ0v) is 8.93. The molecule has 0 heterocycles. The number of rotatable bonds is 4. The van der Waals surface area contributed by atoms with E-state index in [0.717, 1.165) is 17.1 Å². The second-order valence-corrected chi connectivity index (χ2v) is 4.10. The molecule has 0 radical (unpaired) electrons. The van der Waals surface area contributed by atoms with Gasteiger partial charge in [-0.25, -0.2) is 0 Å². The van der Waals surface area contributed by atoms with Crippen LogP contribution in [-0.2, 0) is 0 Å². The molecule has 0 aliphatic heterocycles. The van der Waals surface area contributed by atoms with Gasteiger partial charge >= 0.3 is 0 Å². The minimum Gasteiger partial charge on any atom is -0.398 e. The monoisotopic (exact) mass is 210 g/mol. The van der Waals surface area contributed by atoms with E-state index < -0.39 is 5.91 Å². The van der Waals surface area contributed by atoms with Crippen molar-refractivity contribution < 1.29 is 4.79 Å². The van der Waals surface area contributed by atoms with Gasteiger partial charge in [0.2, 0.25) is 5.91 Å². The molecule has 4 N–H and O–H groups in total. The quantitative estimate of drug-likeness (QED) is 0.588. The molecular weight excluding hydrogens is 196 g/mol. The Morgan fingerprint density at radius 1 is 1.50 bits per heavy atom. The van der Waals surface area contributed by atoms with Crippen molar-refractivity contribution in [1.29, 1.82) is 0 Å². The molecule has 0 spiro atoms. The summed E-state index contributed by atoms with van der Waals surface area (Å²) >= 11 is 1.65. The lowest BCUT2D eigenvalue weighted by atomic mass is 10.2. The molecule has 0 unspecified atom stereocenters. The van der Waals surface area contributed by atoms with Crippen LogP contribution in [0.2, 0.25) is 0 Å². The number of nitrogen functional groups attached to an aromatic ring is 1. The molecule has 0 aliphatic carbocycles. The molecule has 14 heavy (non-hydrogen) atoms. The topological polar surface area (TPSA) is 69.1 Å². The first-order valence-electron chi connectivity index (χ1n) is 4.47. The number of nitrogens with two attached hydrogens (primary N) is 2. The summed E-state index contributed by atoms with van der Waals surface area (Å²) in [6.45, 7) is 2.10. The molecule has 1 aromatic carbocycles. The van der Waals surface area contributed by atoms with Crippen LogP contribution in [-0.4, -0.2) is 11.7 Å². The average Bonchev–Trinajstić information content (AvgIpc) is 2.16. The fourth-order valence-corrected chi connectivity index (χ4v) is 1.89. The highest BCUT2D eigenvalue weighted by atomic mass is 32.2. The van der Waals surface area contributed by atoms with Gasteiger partial charge in [-0.1, -0.05) is 6.92 Å². The maximum atomic E-state index is 10.9. The fraction of sp³-hybridized carbons (Fsp3) is 0.300. The Hall–Kier alpha value is -1.16.